The average Bonchev–Trinajstić information content (AvgIpc) is 2.32. The van der Waals surface area contributed by atoms with Crippen LogP contribution in [0.5, 0.6) is 0 Å². The molecule has 0 saturated carbocycles. The summed E-state index contributed by atoms with van der Waals surface area (Å²) >= 11 is 0. The van der Waals surface area contributed by atoms with Gasteiger partial charge in [-0.3, -0.25) is 5.10 Å². The van der Waals surface area contributed by atoms with Gasteiger partial charge in [0.15, 0.2) is 5.82 Å². The van der Waals surface area contributed by atoms with Crippen molar-refractivity contribution in [3.8, 4) is 0 Å². The molecule has 0 aliphatic heterocycles. The van der Waals surface area contributed by atoms with Crippen LogP contribution in [-0.4, -0.2) is 15.2 Å². The first-order valence-electron chi connectivity index (χ1n) is 3.74. The minimum absolute atomic E-state index is 0.441. The van der Waals surface area contributed by atoms with Crippen molar-refractivity contribution in [1.29, 1.82) is 0 Å². The van der Waals surface area contributed by atoms with E-state index in [2.05, 4.69) is 15.2 Å². The van der Waals surface area contributed by atoms with Crippen molar-refractivity contribution in [2.45, 2.75) is 32.7 Å². The van der Waals surface area contributed by atoms with Gasteiger partial charge in [0.25, 0.3) is 0 Å². The molecule has 0 bridgehead atoms. The third-order valence-electron chi connectivity index (χ3n) is 1.44. The number of H-pyrrole nitrogens is 1. The zero-order valence-corrected chi connectivity index (χ0v) is 7.18. The Hall–Kier alpha value is -0.900. The standard InChI is InChI=1S/C7H14N4/c1-4-5-9-6(11-10-5)7(2,3)8/h4,8H2,1-3H3,(H,9,10,11). The van der Waals surface area contributed by atoms with Gasteiger partial charge in [-0.15, -0.1) is 0 Å². The number of aromatic nitrogens is 3. The highest BCUT2D eigenvalue weighted by Gasteiger charge is 2.18. The average molecular weight is 154 g/mol. The fourth-order valence-electron chi connectivity index (χ4n) is 0.742. The van der Waals surface area contributed by atoms with Gasteiger partial charge >= 0.3 is 0 Å². The largest absolute Gasteiger partial charge is 0.319 e. The van der Waals surface area contributed by atoms with Crippen molar-refractivity contribution < 1.29 is 0 Å². The van der Waals surface area contributed by atoms with Crippen LogP contribution in [-0.2, 0) is 12.0 Å². The summed E-state index contributed by atoms with van der Waals surface area (Å²) in [5.74, 6) is 1.56. The van der Waals surface area contributed by atoms with Gasteiger partial charge in [-0.2, -0.15) is 5.10 Å². The van der Waals surface area contributed by atoms with Gasteiger partial charge in [0.2, 0.25) is 0 Å². The highest BCUT2D eigenvalue weighted by molar-refractivity contribution is 5.00. The minimum Gasteiger partial charge on any atom is -0.319 e. The van der Waals surface area contributed by atoms with Gasteiger partial charge in [-0.1, -0.05) is 6.92 Å². The van der Waals surface area contributed by atoms with Crippen LogP contribution in [0.25, 0.3) is 0 Å². The van der Waals surface area contributed by atoms with E-state index < -0.39 is 5.54 Å². The summed E-state index contributed by atoms with van der Waals surface area (Å²) in [4.78, 5) is 4.21. The summed E-state index contributed by atoms with van der Waals surface area (Å²) in [5.41, 5.74) is 5.34. The first-order valence-corrected chi connectivity index (χ1v) is 3.74. The second-order valence-corrected chi connectivity index (χ2v) is 3.18. The third kappa shape index (κ3) is 1.77. The maximum Gasteiger partial charge on any atom is 0.169 e. The molecule has 1 rings (SSSR count). The lowest BCUT2D eigenvalue weighted by molar-refractivity contribution is 0.516. The molecular formula is C7H14N4. The van der Waals surface area contributed by atoms with Gasteiger partial charge in [0.05, 0.1) is 5.54 Å². The lowest BCUT2D eigenvalue weighted by Gasteiger charge is -2.12. The smallest absolute Gasteiger partial charge is 0.169 e. The molecule has 1 heterocycles. The van der Waals surface area contributed by atoms with E-state index in [-0.39, 0.29) is 0 Å². The van der Waals surface area contributed by atoms with E-state index in [0.29, 0.717) is 5.82 Å². The molecule has 0 aliphatic rings. The van der Waals surface area contributed by atoms with E-state index in [1.165, 1.54) is 0 Å². The molecule has 0 amide bonds. The number of nitrogens with one attached hydrogen (secondary N) is 1. The molecule has 4 nitrogen and oxygen atoms in total. The summed E-state index contributed by atoms with van der Waals surface area (Å²) in [6.45, 7) is 5.79. The van der Waals surface area contributed by atoms with Crippen LogP contribution in [0.15, 0.2) is 0 Å². The van der Waals surface area contributed by atoms with E-state index in [1.807, 2.05) is 20.8 Å². The molecule has 0 fully saturated rings. The van der Waals surface area contributed by atoms with Gasteiger partial charge in [-0.25, -0.2) is 4.98 Å². The van der Waals surface area contributed by atoms with Crippen molar-refractivity contribution in [3.63, 3.8) is 0 Å². The van der Waals surface area contributed by atoms with Crippen LogP contribution >= 0.6 is 0 Å². The minimum atomic E-state index is -0.441. The molecule has 4 heteroatoms. The molecule has 0 saturated heterocycles. The van der Waals surface area contributed by atoms with Crippen molar-refractivity contribution >= 4 is 0 Å². The molecule has 0 spiro atoms. The highest BCUT2D eigenvalue weighted by Crippen LogP contribution is 2.10. The zero-order valence-electron chi connectivity index (χ0n) is 7.18. The Morgan fingerprint density at radius 1 is 1.55 bits per heavy atom. The maximum atomic E-state index is 5.78. The first kappa shape index (κ1) is 8.20. The normalized spacial score (nSPS) is 12.0. The topological polar surface area (TPSA) is 67.6 Å². The fourth-order valence-corrected chi connectivity index (χ4v) is 0.742. The van der Waals surface area contributed by atoms with Crippen molar-refractivity contribution in [2.75, 3.05) is 0 Å². The molecule has 11 heavy (non-hydrogen) atoms. The second-order valence-electron chi connectivity index (χ2n) is 3.18. The lowest BCUT2D eigenvalue weighted by Crippen LogP contribution is -2.30. The van der Waals surface area contributed by atoms with Crippen molar-refractivity contribution in [3.05, 3.63) is 11.6 Å². The van der Waals surface area contributed by atoms with E-state index in [4.69, 9.17) is 5.73 Å². The van der Waals surface area contributed by atoms with Gasteiger partial charge in [0, 0.05) is 6.42 Å². The van der Waals surface area contributed by atoms with E-state index in [0.717, 1.165) is 12.2 Å². The Bertz CT molecular complexity index is 233. The quantitative estimate of drug-likeness (QED) is 0.654. The fraction of sp³-hybridized carbons (Fsp3) is 0.714. The van der Waals surface area contributed by atoms with Crippen LogP contribution in [0, 0.1) is 0 Å². The Morgan fingerprint density at radius 2 is 2.18 bits per heavy atom. The van der Waals surface area contributed by atoms with Crippen molar-refractivity contribution in [1.82, 2.24) is 15.2 Å². The molecule has 1 aromatic rings. The van der Waals surface area contributed by atoms with Gasteiger partial charge < -0.3 is 5.73 Å². The van der Waals surface area contributed by atoms with Crippen LogP contribution < -0.4 is 5.73 Å². The Labute approximate surface area is 66.2 Å². The SMILES string of the molecule is CCc1nc(C(C)(C)N)n[nH]1. The van der Waals surface area contributed by atoms with Crippen LogP contribution in [0.3, 0.4) is 0 Å². The number of aromatic amines is 1. The third-order valence-corrected chi connectivity index (χ3v) is 1.44. The summed E-state index contributed by atoms with van der Waals surface area (Å²) < 4.78 is 0. The number of nitrogens with two attached hydrogens (primary N) is 1. The summed E-state index contributed by atoms with van der Waals surface area (Å²) in [6.07, 6.45) is 0.864. The second kappa shape index (κ2) is 2.62. The first-order chi connectivity index (χ1) is 5.04. The number of hydrogen-bond donors (Lipinski definition) is 2. The van der Waals surface area contributed by atoms with E-state index in [9.17, 15) is 0 Å². The van der Waals surface area contributed by atoms with E-state index >= 15 is 0 Å². The van der Waals surface area contributed by atoms with Crippen LogP contribution in [0.2, 0.25) is 0 Å². The molecule has 0 atom stereocenters. The molecule has 62 valence electrons. The molecule has 0 unspecified atom stereocenters. The number of nitrogens with zero attached hydrogens (tertiary/aromatic N) is 2. The molecule has 1 aromatic heterocycles. The lowest BCUT2D eigenvalue weighted by atomic mass is 10.1. The van der Waals surface area contributed by atoms with Gasteiger partial charge in [0.1, 0.15) is 5.82 Å². The molecule has 3 N–H and O–H groups in total. The zero-order chi connectivity index (χ0) is 8.48. The number of hydrogen-bond acceptors (Lipinski definition) is 3. The van der Waals surface area contributed by atoms with Gasteiger partial charge in [-0.05, 0) is 13.8 Å². The molecule has 0 aliphatic carbocycles. The Balaban J connectivity index is 2.89. The molecule has 0 radical (unpaired) electrons. The number of rotatable bonds is 2. The Kier molecular flexibility index (Phi) is 1.95. The number of aryl methyl sites for hydroxylation is 1. The van der Waals surface area contributed by atoms with Crippen LogP contribution in [0.1, 0.15) is 32.4 Å². The molecule has 0 aromatic carbocycles. The summed E-state index contributed by atoms with van der Waals surface area (Å²) in [6, 6.07) is 0. The predicted molar refractivity (Wildman–Crippen MR) is 43.0 cm³/mol. The highest BCUT2D eigenvalue weighted by atomic mass is 15.2. The Morgan fingerprint density at radius 3 is 2.45 bits per heavy atom. The maximum absolute atomic E-state index is 5.78. The summed E-state index contributed by atoms with van der Waals surface area (Å²) in [5, 5.41) is 6.82. The van der Waals surface area contributed by atoms with E-state index in [1.54, 1.807) is 0 Å². The van der Waals surface area contributed by atoms with Crippen molar-refractivity contribution in [2.24, 2.45) is 5.73 Å². The predicted octanol–water partition coefficient (Wildman–Crippen LogP) is 0.561. The molecular weight excluding hydrogens is 140 g/mol. The van der Waals surface area contributed by atoms with Crippen LogP contribution in [0.4, 0.5) is 0 Å². The monoisotopic (exact) mass is 154 g/mol. The summed E-state index contributed by atoms with van der Waals surface area (Å²) in [7, 11) is 0.